The summed E-state index contributed by atoms with van der Waals surface area (Å²) in [7, 11) is 0. The fourth-order valence-corrected chi connectivity index (χ4v) is 0.906. The second-order valence-electron chi connectivity index (χ2n) is 2.34. The van der Waals surface area contributed by atoms with Crippen molar-refractivity contribution < 1.29 is 5.21 Å². The molecule has 2 heteroatoms. The fourth-order valence-electron chi connectivity index (χ4n) is 0.906. The van der Waals surface area contributed by atoms with Crippen LogP contribution in [0.1, 0.15) is 18.1 Å². The van der Waals surface area contributed by atoms with E-state index in [2.05, 4.69) is 12.1 Å². The van der Waals surface area contributed by atoms with Gasteiger partial charge >= 0.3 is 0 Å². The van der Waals surface area contributed by atoms with Crippen LogP contribution >= 0.6 is 0 Å². The standard InChI is InChI=1S/C9H11NO/c1-2-8-3-5-9(6-4-8)7-10-11/h3-7,11H,2H2,1H3/b10-7+. The SMILES string of the molecule is CCc1ccc(/C=N/O)cc1. The van der Waals surface area contributed by atoms with Gasteiger partial charge in [-0.3, -0.25) is 0 Å². The van der Waals surface area contributed by atoms with E-state index < -0.39 is 0 Å². The molecule has 0 fully saturated rings. The number of hydrogen-bond acceptors (Lipinski definition) is 2. The maximum atomic E-state index is 8.22. The Labute approximate surface area is 66.2 Å². The molecule has 58 valence electrons. The van der Waals surface area contributed by atoms with Crippen molar-refractivity contribution in [1.82, 2.24) is 0 Å². The van der Waals surface area contributed by atoms with Crippen LogP contribution < -0.4 is 0 Å². The van der Waals surface area contributed by atoms with E-state index in [1.165, 1.54) is 11.8 Å². The van der Waals surface area contributed by atoms with Crippen LogP contribution in [-0.2, 0) is 6.42 Å². The topological polar surface area (TPSA) is 32.6 Å². The Balaban J connectivity index is 2.82. The van der Waals surface area contributed by atoms with E-state index in [-0.39, 0.29) is 0 Å². The zero-order valence-corrected chi connectivity index (χ0v) is 6.49. The lowest BCUT2D eigenvalue weighted by molar-refractivity contribution is 0.322. The lowest BCUT2D eigenvalue weighted by Crippen LogP contribution is -1.82. The van der Waals surface area contributed by atoms with Gasteiger partial charge in [0.05, 0.1) is 6.21 Å². The van der Waals surface area contributed by atoms with Crippen molar-refractivity contribution in [3.05, 3.63) is 35.4 Å². The third-order valence-electron chi connectivity index (χ3n) is 1.59. The van der Waals surface area contributed by atoms with Crippen molar-refractivity contribution in [1.29, 1.82) is 0 Å². The maximum Gasteiger partial charge on any atom is 0.0733 e. The van der Waals surface area contributed by atoms with Crippen LogP contribution in [0.3, 0.4) is 0 Å². The summed E-state index contributed by atoms with van der Waals surface area (Å²) in [5.41, 5.74) is 2.21. The second kappa shape index (κ2) is 3.76. The Morgan fingerprint density at radius 1 is 1.36 bits per heavy atom. The highest BCUT2D eigenvalue weighted by Gasteiger charge is 1.88. The number of hydrogen-bond donors (Lipinski definition) is 1. The fraction of sp³-hybridized carbons (Fsp3) is 0.222. The van der Waals surface area contributed by atoms with Crippen molar-refractivity contribution in [3.8, 4) is 0 Å². The first-order chi connectivity index (χ1) is 5.36. The van der Waals surface area contributed by atoms with Gasteiger partial charge in [0.1, 0.15) is 0 Å². The number of nitrogens with zero attached hydrogens (tertiary/aromatic N) is 1. The summed E-state index contributed by atoms with van der Waals surface area (Å²) in [6, 6.07) is 7.91. The molecule has 1 rings (SSSR count). The smallest absolute Gasteiger partial charge is 0.0733 e. The van der Waals surface area contributed by atoms with Crippen LogP contribution in [0.4, 0.5) is 0 Å². The van der Waals surface area contributed by atoms with Gasteiger partial charge in [0.25, 0.3) is 0 Å². The molecule has 0 aromatic heterocycles. The normalized spacial score (nSPS) is 10.6. The van der Waals surface area contributed by atoms with E-state index in [1.54, 1.807) is 0 Å². The van der Waals surface area contributed by atoms with E-state index in [9.17, 15) is 0 Å². The Hall–Kier alpha value is -1.31. The minimum Gasteiger partial charge on any atom is -0.411 e. The molecule has 0 aliphatic carbocycles. The van der Waals surface area contributed by atoms with Crippen molar-refractivity contribution >= 4 is 6.21 Å². The van der Waals surface area contributed by atoms with Crippen molar-refractivity contribution in [2.75, 3.05) is 0 Å². The average molecular weight is 149 g/mol. The zero-order valence-electron chi connectivity index (χ0n) is 6.49. The Kier molecular flexibility index (Phi) is 2.66. The largest absolute Gasteiger partial charge is 0.411 e. The summed E-state index contributed by atoms with van der Waals surface area (Å²) >= 11 is 0. The second-order valence-corrected chi connectivity index (χ2v) is 2.34. The van der Waals surface area contributed by atoms with Crippen molar-refractivity contribution in [3.63, 3.8) is 0 Å². The highest BCUT2D eigenvalue weighted by Crippen LogP contribution is 2.02. The minimum absolute atomic E-state index is 0.921. The molecule has 11 heavy (non-hydrogen) atoms. The molecule has 0 saturated heterocycles. The number of oxime groups is 1. The third kappa shape index (κ3) is 2.08. The monoisotopic (exact) mass is 149 g/mol. The van der Waals surface area contributed by atoms with Crippen LogP contribution in [-0.4, -0.2) is 11.4 Å². The van der Waals surface area contributed by atoms with Gasteiger partial charge in [-0.2, -0.15) is 0 Å². The Bertz CT molecular complexity index is 238. The van der Waals surface area contributed by atoms with Gasteiger partial charge in [-0.1, -0.05) is 36.3 Å². The Morgan fingerprint density at radius 2 is 2.00 bits per heavy atom. The quantitative estimate of drug-likeness (QED) is 0.389. The van der Waals surface area contributed by atoms with Gasteiger partial charge < -0.3 is 5.21 Å². The molecule has 0 heterocycles. The molecule has 0 bridgehead atoms. The van der Waals surface area contributed by atoms with Gasteiger partial charge in [0, 0.05) is 0 Å². The van der Waals surface area contributed by atoms with Crippen molar-refractivity contribution in [2.24, 2.45) is 5.16 Å². The molecule has 2 nitrogen and oxygen atoms in total. The molecule has 0 aliphatic rings. The number of rotatable bonds is 2. The third-order valence-corrected chi connectivity index (χ3v) is 1.59. The summed E-state index contributed by atoms with van der Waals surface area (Å²) in [5, 5.41) is 11.2. The molecule has 0 aliphatic heterocycles. The predicted molar refractivity (Wildman–Crippen MR) is 45.2 cm³/mol. The molecule has 0 radical (unpaired) electrons. The van der Waals surface area contributed by atoms with Crippen LogP contribution in [0.2, 0.25) is 0 Å². The summed E-state index contributed by atoms with van der Waals surface area (Å²) < 4.78 is 0. The molecule has 0 amide bonds. The van der Waals surface area contributed by atoms with Crippen LogP contribution in [0.5, 0.6) is 0 Å². The molecule has 0 saturated carbocycles. The summed E-state index contributed by atoms with van der Waals surface area (Å²) in [6.07, 6.45) is 2.45. The van der Waals surface area contributed by atoms with E-state index in [0.717, 1.165) is 12.0 Å². The summed E-state index contributed by atoms with van der Waals surface area (Å²) in [6.45, 7) is 2.11. The first-order valence-corrected chi connectivity index (χ1v) is 3.63. The number of benzene rings is 1. The average Bonchev–Trinajstić information content (AvgIpc) is 2.07. The van der Waals surface area contributed by atoms with E-state index in [1.807, 2.05) is 24.3 Å². The first-order valence-electron chi connectivity index (χ1n) is 3.63. The summed E-state index contributed by atoms with van der Waals surface area (Å²) in [4.78, 5) is 0. The molecule has 0 spiro atoms. The van der Waals surface area contributed by atoms with Gasteiger partial charge in [-0.15, -0.1) is 0 Å². The lowest BCUT2D eigenvalue weighted by Gasteiger charge is -1.95. The molecule has 1 aromatic rings. The lowest BCUT2D eigenvalue weighted by atomic mass is 10.1. The van der Waals surface area contributed by atoms with Gasteiger partial charge in [0.15, 0.2) is 0 Å². The highest BCUT2D eigenvalue weighted by molar-refractivity contribution is 5.78. The van der Waals surface area contributed by atoms with E-state index >= 15 is 0 Å². The predicted octanol–water partition coefficient (Wildman–Crippen LogP) is 2.06. The van der Waals surface area contributed by atoms with Crippen LogP contribution in [0.15, 0.2) is 29.4 Å². The molecule has 0 unspecified atom stereocenters. The highest BCUT2D eigenvalue weighted by atomic mass is 16.4. The van der Waals surface area contributed by atoms with Gasteiger partial charge in [-0.25, -0.2) is 0 Å². The first kappa shape index (κ1) is 7.79. The van der Waals surface area contributed by atoms with Crippen LogP contribution in [0, 0.1) is 0 Å². The molecule has 0 atom stereocenters. The molecule has 1 aromatic carbocycles. The van der Waals surface area contributed by atoms with E-state index in [0.29, 0.717) is 0 Å². The molecule has 1 N–H and O–H groups in total. The minimum atomic E-state index is 0.921. The summed E-state index contributed by atoms with van der Waals surface area (Å²) in [5.74, 6) is 0. The van der Waals surface area contributed by atoms with Gasteiger partial charge in [0.2, 0.25) is 0 Å². The zero-order chi connectivity index (χ0) is 8.10. The van der Waals surface area contributed by atoms with E-state index in [4.69, 9.17) is 5.21 Å². The molecular weight excluding hydrogens is 138 g/mol. The van der Waals surface area contributed by atoms with Crippen molar-refractivity contribution in [2.45, 2.75) is 13.3 Å². The van der Waals surface area contributed by atoms with Crippen LogP contribution in [0.25, 0.3) is 0 Å². The maximum absolute atomic E-state index is 8.22. The number of aryl methyl sites for hydroxylation is 1. The molecular formula is C9H11NO. The Morgan fingerprint density at radius 3 is 2.45 bits per heavy atom. The van der Waals surface area contributed by atoms with Gasteiger partial charge in [-0.05, 0) is 17.5 Å².